The van der Waals surface area contributed by atoms with Gasteiger partial charge in [-0.2, -0.15) is 4.98 Å². The van der Waals surface area contributed by atoms with Crippen molar-refractivity contribution >= 4 is 33.3 Å². The second kappa shape index (κ2) is 6.19. The number of aryl methyl sites for hydroxylation is 1. The molecule has 0 fully saturated rings. The van der Waals surface area contributed by atoms with E-state index in [0.717, 1.165) is 35.5 Å². The van der Waals surface area contributed by atoms with Crippen LogP contribution in [0.4, 0.5) is 11.8 Å². The lowest BCUT2D eigenvalue weighted by Gasteiger charge is -2.22. The van der Waals surface area contributed by atoms with Crippen molar-refractivity contribution in [3.05, 3.63) is 10.9 Å². The molecule has 0 spiro atoms. The highest BCUT2D eigenvalue weighted by Crippen LogP contribution is 2.31. The number of hydrogen-bond donors (Lipinski definition) is 1. The molecule has 0 amide bonds. The lowest BCUT2D eigenvalue weighted by atomic mass is 10.2. The van der Waals surface area contributed by atoms with Crippen LogP contribution in [0, 0.1) is 0 Å². The van der Waals surface area contributed by atoms with E-state index < -0.39 is 0 Å². The van der Waals surface area contributed by atoms with Crippen molar-refractivity contribution in [2.75, 3.05) is 23.7 Å². The van der Waals surface area contributed by atoms with Crippen LogP contribution >= 0.6 is 11.3 Å². The largest absolute Gasteiger partial charge is 0.368 e. The molecule has 2 aromatic rings. The second-order valence-electron chi connectivity index (χ2n) is 4.62. The summed E-state index contributed by atoms with van der Waals surface area (Å²) < 4.78 is 0. The number of fused-ring (bicyclic) bond motifs is 1. The molecule has 0 aromatic carbocycles. The third-order valence-electron chi connectivity index (χ3n) is 3.25. The summed E-state index contributed by atoms with van der Waals surface area (Å²) in [5, 5.41) is 1.15. The molecule has 0 radical (unpaired) electrons. The van der Waals surface area contributed by atoms with Crippen LogP contribution in [-0.4, -0.2) is 23.1 Å². The van der Waals surface area contributed by atoms with E-state index in [1.807, 2.05) is 0 Å². The first-order valence-electron chi connectivity index (χ1n) is 7.00. The molecule has 0 atom stereocenters. The van der Waals surface area contributed by atoms with Gasteiger partial charge < -0.3 is 10.6 Å². The van der Waals surface area contributed by atoms with Crippen molar-refractivity contribution in [3.8, 4) is 0 Å². The number of nitrogens with zero attached hydrogens (tertiary/aromatic N) is 3. The third-order valence-corrected chi connectivity index (χ3v) is 4.43. The molecule has 0 aliphatic heterocycles. The van der Waals surface area contributed by atoms with Gasteiger partial charge in [0.05, 0.1) is 5.39 Å². The molecule has 2 N–H and O–H groups in total. The summed E-state index contributed by atoms with van der Waals surface area (Å²) in [4.78, 5) is 13.5. The molecule has 2 heterocycles. The van der Waals surface area contributed by atoms with E-state index in [2.05, 4.69) is 41.7 Å². The van der Waals surface area contributed by atoms with E-state index in [1.165, 1.54) is 17.7 Å². The second-order valence-corrected chi connectivity index (χ2v) is 5.74. The Morgan fingerprint density at radius 2 is 2.05 bits per heavy atom. The fourth-order valence-corrected chi connectivity index (χ4v) is 3.12. The molecule has 0 aliphatic carbocycles. The molecule has 0 aliphatic rings. The van der Waals surface area contributed by atoms with Gasteiger partial charge in [0.25, 0.3) is 0 Å². The van der Waals surface area contributed by atoms with Crippen molar-refractivity contribution in [2.45, 2.75) is 40.0 Å². The number of anilines is 2. The van der Waals surface area contributed by atoms with Gasteiger partial charge in [0.2, 0.25) is 5.95 Å². The topological polar surface area (TPSA) is 55.0 Å². The summed E-state index contributed by atoms with van der Waals surface area (Å²) in [6, 6.07) is 2.21. The maximum Gasteiger partial charge on any atom is 0.223 e. The van der Waals surface area contributed by atoms with Crippen molar-refractivity contribution in [2.24, 2.45) is 0 Å². The zero-order chi connectivity index (χ0) is 13.8. The van der Waals surface area contributed by atoms with Crippen LogP contribution in [0.25, 0.3) is 10.2 Å². The molecule has 0 bridgehead atoms. The van der Waals surface area contributed by atoms with Gasteiger partial charge in [-0.15, -0.1) is 11.3 Å². The van der Waals surface area contributed by atoms with Crippen LogP contribution in [0.5, 0.6) is 0 Å². The average molecular weight is 278 g/mol. The number of thiophene rings is 1. The van der Waals surface area contributed by atoms with Crippen LogP contribution in [-0.2, 0) is 6.42 Å². The molecule has 2 rings (SSSR count). The first-order valence-corrected chi connectivity index (χ1v) is 7.82. The normalized spacial score (nSPS) is 11.1. The number of unbranched alkanes of at least 4 members (excludes halogenated alkanes) is 1. The Morgan fingerprint density at radius 3 is 2.68 bits per heavy atom. The fourth-order valence-electron chi connectivity index (χ4n) is 2.15. The number of rotatable bonds is 6. The Hall–Kier alpha value is -1.36. The van der Waals surface area contributed by atoms with Gasteiger partial charge in [-0.3, -0.25) is 0 Å². The zero-order valence-corrected chi connectivity index (χ0v) is 12.8. The van der Waals surface area contributed by atoms with Crippen molar-refractivity contribution in [1.29, 1.82) is 0 Å². The third kappa shape index (κ3) is 2.97. The molecule has 0 unspecified atom stereocenters. The molecule has 19 heavy (non-hydrogen) atoms. The molecule has 0 saturated heterocycles. The molecule has 2 aromatic heterocycles. The molecule has 5 heteroatoms. The summed E-state index contributed by atoms with van der Waals surface area (Å²) in [6.45, 7) is 8.50. The van der Waals surface area contributed by atoms with Gasteiger partial charge >= 0.3 is 0 Å². The minimum Gasteiger partial charge on any atom is -0.368 e. The van der Waals surface area contributed by atoms with E-state index >= 15 is 0 Å². The Morgan fingerprint density at radius 1 is 1.26 bits per heavy atom. The van der Waals surface area contributed by atoms with Crippen LogP contribution in [0.15, 0.2) is 6.07 Å². The quantitative estimate of drug-likeness (QED) is 0.879. The van der Waals surface area contributed by atoms with Gasteiger partial charge in [-0.1, -0.05) is 20.3 Å². The minimum atomic E-state index is 0.377. The number of nitrogen functional groups attached to an aromatic ring is 1. The van der Waals surface area contributed by atoms with Crippen LogP contribution in [0.3, 0.4) is 0 Å². The van der Waals surface area contributed by atoms with E-state index in [-0.39, 0.29) is 0 Å². The highest BCUT2D eigenvalue weighted by atomic mass is 32.1. The van der Waals surface area contributed by atoms with Gasteiger partial charge in [-0.05, 0) is 25.8 Å². The monoisotopic (exact) mass is 278 g/mol. The highest BCUT2D eigenvalue weighted by molar-refractivity contribution is 7.18. The van der Waals surface area contributed by atoms with Gasteiger partial charge in [0.15, 0.2) is 0 Å². The Labute approximate surface area is 118 Å². The van der Waals surface area contributed by atoms with Crippen molar-refractivity contribution in [1.82, 2.24) is 9.97 Å². The highest BCUT2D eigenvalue weighted by Gasteiger charge is 2.14. The summed E-state index contributed by atoms with van der Waals surface area (Å²) in [7, 11) is 0. The first kappa shape index (κ1) is 14.1. The Bertz CT molecular complexity index is 550. The summed E-state index contributed by atoms with van der Waals surface area (Å²) in [5.41, 5.74) is 5.85. The molecular weight excluding hydrogens is 256 g/mol. The lowest BCUT2D eigenvalue weighted by Crippen LogP contribution is -2.25. The van der Waals surface area contributed by atoms with Gasteiger partial charge in [0.1, 0.15) is 10.6 Å². The maximum atomic E-state index is 5.85. The molecule has 4 nitrogen and oxygen atoms in total. The predicted octanol–water partition coefficient (Wildman–Crippen LogP) is 3.46. The van der Waals surface area contributed by atoms with E-state index in [1.54, 1.807) is 11.3 Å². The summed E-state index contributed by atoms with van der Waals surface area (Å²) in [5.74, 6) is 1.37. The predicted molar refractivity (Wildman–Crippen MR) is 84.0 cm³/mol. The van der Waals surface area contributed by atoms with E-state index in [4.69, 9.17) is 5.73 Å². The SMILES string of the molecule is CCCCN(CC)c1nc(N)nc2sc(CC)cc12. The van der Waals surface area contributed by atoms with E-state index in [9.17, 15) is 0 Å². The van der Waals surface area contributed by atoms with E-state index in [0.29, 0.717) is 5.95 Å². The van der Waals surface area contributed by atoms with Crippen molar-refractivity contribution in [3.63, 3.8) is 0 Å². The lowest BCUT2D eigenvalue weighted by molar-refractivity contribution is 0.726. The minimum absolute atomic E-state index is 0.377. The smallest absolute Gasteiger partial charge is 0.223 e. The fraction of sp³-hybridized carbons (Fsp3) is 0.571. The summed E-state index contributed by atoms with van der Waals surface area (Å²) >= 11 is 1.72. The Kier molecular flexibility index (Phi) is 4.58. The molecule has 0 saturated carbocycles. The number of aromatic nitrogens is 2. The summed E-state index contributed by atoms with van der Waals surface area (Å²) in [6.07, 6.45) is 3.38. The van der Waals surface area contributed by atoms with Crippen LogP contribution in [0.2, 0.25) is 0 Å². The van der Waals surface area contributed by atoms with Crippen molar-refractivity contribution < 1.29 is 0 Å². The maximum absolute atomic E-state index is 5.85. The first-order chi connectivity index (χ1) is 9.19. The molecular formula is C14H22N4S. The zero-order valence-electron chi connectivity index (χ0n) is 11.9. The van der Waals surface area contributed by atoms with Gasteiger partial charge in [0, 0.05) is 18.0 Å². The number of nitrogens with two attached hydrogens (primary N) is 1. The standard InChI is InChI=1S/C14H22N4S/c1-4-7-8-18(6-3)12-11-9-10(5-2)19-13(11)17-14(15)16-12/h9H,4-8H2,1-3H3,(H2,15,16,17). The number of hydrogen-bond acceptors (Lipinski definition) is 5. The van der Waals surface area contributed by atoms with Crippen LogP contribution < -0.4 is 10.6 Å². The van der Waals surface area contributed by atoms with Crippen LogP contribution in [0.1, 0.15) is 38.5 Å². The van der Waals surface area contributed by atoms with Gasteiger partial charge in [-0.25, -0.2) is 4.98 Å². The Balaban J connectivity index is 2.47. The molecule has 104 valence electrons. The average Bonchev–Trinajstić information content (AvgIpc) is 2.82.